The molecule has 2 N–H and O–H groups in total. The smallest absolute Gasteiger partial charge is 0.191 e. The zero-order chi connectivity index (χ0) is 18.1. The molecule has 0 radical (unpaired) electrons. The maximum Gasteiger partial charge on any atom is 0.191 e. The van der Waals surface area contributed by atoms with Crippen molar-refractivity contribution in [1.82, 2.24) is 10.6 Å². The van der Waals surface area contributed by atoms with Crippen LogP contribution in [0.3, 0.4) is 0 Å². The van der Waals surface area contributed by atoms with Crippen LogP contribution in [0.2, 0.25) is 5.02 Å². The second kappa shape index (κ2) is 9.55. The van der Waals surface area contributed by atoms with E-state index in [1.54, 1.807) is 31.3 Å². The molecule has 0 amide bonds. The van der Waals surface area contributed by atoms with Gasteiger partial charge in [0, 0.05) is 18.6 Å². The summed E-state index contributed by atoms with van der Waals surface area (Å²) in [5.74, 6) is 1.47. The summed E-state index contributed by atoms with van der Waals surface area (Å²) < 4.78 is 5.82. The van der Waals surface area contributed by atoms with Crippen LogP contribution in [0.1, 0.15) is 18.1 Å². The van der Waals surface area contributed by atoms with Crippen LogP contribution in [0.25, 0.3) is 0 Å². The number of nitriles is 1. The molecule has 0 aliphatic carbocycles. The maximum absolute atomic E-state index is 8.81. The first-order valence-electron chi connectivity index (χ1n) is 7.96. The first-order valence-corrected chi connectivity index (χ1v) is 8.34. The van der Waals surface area contributed by atoms with Crippen LogP contribution in [0.4, 0.5) is 0 Å². The van der Waals surface area contributed by atoms with Gasteiger partial charge in [-0.25, -0.2) is 0 Å². The third-order valence-corrected chi connectivity index (χ3v) is 3.73. The Balaban J connectivity index is 1.77. The molecule has 0 heterocycles. The summed E-state index contributed by atoms with van der Waals surface area (Å²) in [5, 5.41) is 16.0. The van der Waals surface area contributed by atoms with E-state index in [9.17, 15) is 0 Å². The Kier molecular flexibility index (Phi) is 7.12. The van der Waals surface area contributed by atoms with Crippen LogP contribution in [-0.2, 0) is 6.54 Å². The number of aliphatic imine (C=N–C) groups is 1. The zero-order valence-corrected chi connectivity index (χ0v) is 15.0. The number of hydrogen-bond donors (Lipinski definition) is 2. The van der Waals surface area contributed by atoms with E-state index < -0.39 is 0 Å². The lowest BCUT2D eigenvalue weighted by Crippen LogP contribution is -2.41. The number of benzene rings is 2. The van der Waals surface area contributed by atoms with E-state index in [-0.39, 0.29) is 6.10 Å². The van der Waals surface area contributed by atoms with Gasteiger partial charge in [0.2, 0.25) is 0 Å². The molecule has 0 saturated heterocycles. The van der Waals surface area contributed by atoms with E-state index in [0.717, 1.165) is 11.3 Å². The van der Waals surface area contributed by atoms with Gasteiger partial charge in [-0.2, -0.15) is 5.26 Å². The molecule has 0 spiro atoms. The normalized spacial score (nSPS) is 12.2. The number of nitrogens with one attached hydrogen (secondary N) is 2. The first-order chi connectivity index (χ1) is 12.1. The number of halogens is 1. The highest BCUT2D eigenvalue weighted by Crippen LogP contribution is 2.16. The number of hydrogen-bond acceptors (Lipinski definition) is 3. The average Bonchev–Trinajstić information content (AvgIpc) is 2.64. The fraction of sp³-hybridized carbons (Fsp3) is 0.263. The predicted octanol–water partition coefficient (Wildman–Crippen LogP) is 3.34. The summed E-state index contributed by atoms with van der Waals surface area (Å²) in [7, 11) is 1.72. The molecule has 0 bridgehead atoms. The molecule has 130 valence electrons. The lowest BCUT2D eigenvalue weighted by molar-refractivity contribution is 0.224. The van der Waals surface area contributed by atoms with E-state index in [4.69, 9.17) is 21.6 Å². The van der Waals surface area contributed by atoms with Crippen molar-refractivity contribution in [2.75, 3.05) is 13.6 Å². The molecule has 2 rings (SSSR count). The van der Waals surface area contributed by atoms with Crippen molar-refractivity contribution >= 4 is 17.6 Å². The van der Waals surface area contributed by atoms with Crippen molar-refractivity contribution in [3.05, 3.63) is 64.7 Å². The summed E-state index contributed by atoms with van der Waals surface area (Å²) >= 11 is 5.86. The van der Waals surface area contributed by atoms with Crippen molar-refractivity contribution in [2.45, 2.75) is 19.6 Å². The van der Waals surface area contributed by atoms with Crippen LogP contribution in [0.5, 0.6) is 5.75 Å². The molecule has 25 heavy (non-hydrogen) atoms. The highest BCUT2D eigenvalue weighted by molar-refractivity contribution is 6.30. The van der Waals surface area contributed by atoms with E-state index >= 15 is 0 Å². The Morgan fingerprint density at radius 1 is 1.16 bits per heavy atom. The molecular weight excluding hydrogens is 336 g/mol. The van der Waals surface area contributed by atoms with E-state index in [0.29, 0.717) is 29.6 Å². The van der Waals surface area contributed by atoms with E-state index in [1.165, 1.54) is 0 Å². The number of nitrogens with zero attached hydrogens (tertiary/aromatic N) is 2. The average molecular weight is 357 g/mol. The zero-order valence-electron chi connectivity index (χ0n) is 14.3. The van der Waals surface area contributed by atoms with Crippen LogP contribution in [0, 0.1) is 11.3 Å². The van der Waals surface area contributed by atoms with Crippen molar-refractivity contribution in [3.63, 3.8) is 0 Å². The van der Waals surface area contributed by atoms with Crippen LogP contribution >= 0.6 is 11.6 Å². The molecule has 6 heteroatoms. The van der Waals surface area contributed by atoms with Gasteiger partial charge < -0.3 is 15.4 Å². The summed E-state index contributed by atoms with van der Waals surface area (Å²) in [6.45, 7) is 3.21. The standard InChI is InChI=1S/C19H21ClN4O/c1-14(25-18-9-7-17(20)8-10-18)12-23-19(22-2)24-13-16-5-3-15(11-21)4-6-16/h3-10,14H,12-13H2,1-2H3,(H2,22,23,24). The van der Waals surface area contributed by atoms with Crippen molar-refractivity contribution < 1.29 is 4.74 Å². The van der Waals surface area contributed by atoms with Crippen molar-refractivity contribution in [2.24, 2.45) is 4.99 Å². The summed E-state index contributed by atoms with van der Waals surface area (Å²) in [6.07, 6.45) is -0.0327. The minimum Gasteiger partial charge on any atom is -0.489 e. The fourth-order valence-electron chi connectivity index (χ4n) is 2.13. The molecule has 1 atom stereocenters. The minimum absolute atomic E-state index is 0.0327. The molecule has 0 aliphatic heterocycles. The Morgan fingerprint density at radius 3 is 2.44 bits per heavy atom. The van der Waals surface area contributed by atoms with Gasteiger partial charge in [0.1, 0.15) is 11.9 Å². The third kappa shape index (κ3) is 6.36. The quantitative estimate of drug-likeness (QED) is 0.615. The van der Waals surface area contributed by atoms with Gasteiger partial charge >= 0.3 is 0 Å². The number of guanidine groups is 1. The molecule has 1 unspecified atom stereocenters. The molecular formula is C19H21ClN4O. The van der Waals surface area contributed by atoms with Crippen LogP contribution in [0.15, 0.2) is 53.5 Å². The van der Waals surface area contributed by atoms with Gasteiger partial charge in [-0.15, -0.1) is 0 Å². The first kappa shape index (κ1) is 18.6. The second-order valence-electron chi connectivity index (χ2n) is 5.50. The molecule has 0 aliphatic rings. The van der Waals surface area contributed by atoms with Gasteiger partial charge in [0.15, 0.2) is 5.96 Å². The fourth-order valence-corrected chi connectivity index (χ4v) is 2.26. The molecule has 2 aromatic rings. The molecule has 5 nitrogen and oxygen atoms in total. The number of rotatable bonds is 6. The monoisotopic (exact) mass is 356 g/mol. The van der Waals surface area contributed by atoms with Crippen LogP contribution in [-0.4, -0.2) is 25.7 Å². The third-order valence-electron chi connectivity index (χ3n) is 3.47. The molecule has 0 saturated carbocycles. The molecule has 0 aromatic heterocycles. The predicted molar refractivity (Wildman–Crippen MR) is 101 cm³/mol. The maximum atomic E-state index is 8.81. The van der Waals surface area contributed by atoms with Gasteiger partial charge in [-0.3, -0.25) is 4.99 Å². The Hall–Kier alpha value is -2.71. The minimum atomic E-state index is -0.0327. The molecule has 0 fully saturated rings. The highest BCUT2D eigenvalue weighted by atomic mass is 35.5. The molecule has 2 aromatic carbocycles. The lowest BCUT2D eigenvalue weighted by Gasteiger charge is -2.18. The topological polar surface area (TPSA) is 69.4 Å². The van der Waals surface area contributed by atoms with Gasteiger partial charge in [-0.1, -0.05) is 23.7 Å². The summed E-state index contributed by atoms with van der Waals surface area (Å²) in [5.41, 5.74) is 1.73. The highest BCUT2D eigenvalue weighted by Gasteiger charge is 2.06. The summed E-state index contributed by atoms with van der Waals surface area (Å²) in [6, 6.07) is 16.8. The van der Waals surface area contributed by atoms with Crippen molar-refractivity contribution in [3.8, 4) is 11.8 Å². The lowest BCUT2D eigenvalue weighted by atomic mass is 10.1. The Labute approximate surface area is 153 Å². The Bertz CT molecular complexity index is 736. The summed E-state index contributed by atoms with van der Waals surface area (Å²) in [4.78, 5) is 4.20. The second-order valence-corrected chi connectivity index (χ2v) is 5.93. The largest absolute Gasteiger partial charge is 0.489 e. The SMILES string of the molecule is CN=C(NCc1ccc(C#N)cc1)NCC(C)Oc1ccc(Cl)cc1. The van der Waals surface area contributed by atoms with Gasteiger partial charge in [0.25, 0.3) is 0 Å². The van der Waals surface area contributed by atoms with E-state index in [1.807, 2.05) is 31.2 Å². The van der Waals surface area contributed by atoms with Crippen molar-refractivity contribution in [1.29, 1.82) is 5.26 Å². The number of ether oxygens (including phenoxy) is 1. The van der Waals surface area contributed by atoms with E-state index in [2.05, 4.69) is 21.7 Å². The van der Waals surface area contributed by atoms with Crippen LogP contribution < -0.4 is 15.4 Å². The van der Waals surface area contributed by atoms with Gasteiger partial charge in [-0.05, 0) is 48.9 Å². The van der Waals surface area contributed by atoms with Gasteiger partial charge in [0.05, 0.1) is 18.2 Å². The Morgan fingerprint density at radius 2 is 1.84 bits per heavy atom.